The van der Waals surface area contributed by atoms with Crippen LogP contribution in [0.15, 0.2) is 18.2 Å². The smallest absolute Gasteiger partial charge is 0.253 e. The molecule has 2 fully saturated rings. The van der Waals surface area contributed by atoms with Gasteiger partial charge in [0.2, 0.25) is 0 Å². The normalized spacial score (nSPS) is 21.0. The number of nitrogens with zero attached hydrogens (tertiary/aromatic N) is 2. The molecule has 1 aromatic carbocycles. The zero-order valence-electron chi connectivity index (χ0n) is 12.0. The Morgan fingerprint density at radius 1 is 1.14 bits per heavy atom. The van der Waals surface area contributed by atoms with Crippen LogP contribution in [0.25, 0.3) is 0 Å². The minimum Gasteiger partial charge on any atom is -0.336 e. The van der Waals surface area contributed by atoms with Gasteiger partial charge in [-0.1, -0.05) is 24.4 Å². The first-order valence-corrected chi connectivity index (χ1v) is 9.09. The maximum Gasteiger partial charge on any atom is 0.253 e. The largest absolute Gasteiger partial charge is 0.336 e. The number of hydrogen-bond donors (Lipinski definition) is 0. The van der Waals surface area contributed by atoms with Crippen molar-refractivity contribution in [3.8, 4) is 0 Å². The average molecular weight is 419 g/mol. The van der Waals surface area contributed by atoms with Crippen LogP contribution in [0.2, 0.25) is 5.02 Å². The molecule has 0 atom stereocenters. The zero-order valence-corrected chi connectivity index (χ0v) is 14.9. The molecule has 1 saturated heterocycles. The SMILES string of the molecule is O=C(c1ccc(I)c(Cl)c1)N1CCN(C2CCCC2)CC1. The third-order valence-corrected chi connectivity index (χ3v) is 6.18. The number of benzene rings is 1. The van der Waals surface area contributed by atoms with E-state index in [1.165, 1.54) is 25.7 Å². The fourth-order valence-electron chi connectivity index (χ4n) is 3.37. The Balaban J connectivity index is 1.60. The fraction of sp³-hybridized carbons (Fsp3) is 0.562. The van der Waals surface area contributed by atoms with E-state index in [2.05, 4.69) is 27.5 Å². The van der Waals surface area contributed by atoms with Crippen LogP contribution >= 0.6 is 34.2 Å². The summed E-state index contributed by atoms with van der Waals surface area (Å²) in [6.45, 7) is 3.68. The summed E-state index contributed by atoms with van der Waals surface area (Å²) >= 11 is 8.30. The molecule has 2 aliphatic rings. The Morgan fingerprint density at radius 3 is 2.43 bits per heavy atom. The van der Waals surface area contributed by atoms with Crippen molar-refractivity contribution in [2.24, 2.45) is 0 Å². The van der Waals surface area contributed by atoms with E-state index in [4.69, 9.17) is 11.6 Å². The van der Waals surface area contributed by atoms with Gasteiger partial charge in [-0.2, -0.15) is 0 Å². The van der Waals surface area contributed by atoms with Crippen LogP contribution in [-0.4, -0.2) is 47.9 Å². The Morgan fingerprint density at radius 2 is 1.81 bits per heavy atom. The predicted molar refractivity (Wildman–Crippen MR) is 93.9 cm³/mol. The molecule has 1 amide bonds. The van der Waals surface area contributed by atoms with E-state index >= 15 is 0 Å². The first-order valence-electron chi connectivity index (χ1n) is 7.63. The molecule has 0 radical (unpaired) electrons. The molecule has 114 valence electrons. The summed E-state index contributed by atoms with van der Waals surface area (Å²) in [5.41, 5.74) is 0.703. The van der Waals surface area contributed by atoms with Crippen molar-refractivity contribution in [1.82, 2.24) is 9.80 Å². The summed E-state index contributed by atoms with van der Waals surface area (Å²) < 4.78 is 0.983. The van der Waals surface area contributed by atoms with Crippen LogP contribution in [0.4, 0.5) is 0 Å². The number of rotatable bonds is 2. The van der Waals surface area contributed by atoms with Crippen LogP contribution < -0.4 is 0 Å². The van der Waals surface area contributed by atoms with Gasteiger partial charge in [-0.3, -0.25) is 9.69 Å². The second kappa shape index (κ2) is 6.84. The number of carbonyl (C=O) groups excluding carboxylic acids is 1. The van der Waals surface area contributed by atoms with E-state index in [-0.39, 0.29) is 5.91 Å². The molecule has 1 saturated carbocycles. The van der Waals surface area contributed by atoms with Gasteiger partial charge in [0.25, 0.3) is 5.91 Å². The third-order valence-electron chi connectivity index (χ3n) is 4.61. The molecular formula is C16H20ClIN2O. The van der Waals surface area contributed by atoms with Gasteiger partial charge < -0.3 is 4.90 Å². The van der Waals surface area contributed by atoms with Gasteiger partial charge in [0.05, 0.1) is 5.02 Å². The van der Waals surface area contributed by atoms with Crippen molar-refractivity contribution < 1.29 is 4.79 Å². The molecule has 0 bridgehead atoms. The molecule has 0 spiro atoms. The lowest BCUT2D eigenvalue weighted by Gasteiger charge is -2.38. The highest BCUT2D eigenvalue weighted by Crippen LogP contribution is 2.25. The summed E-state index contributed by atoms with van der Waals surface area (Å²) in [6.07, 6.45) is 5.40. The van der Waals surface area contributed by atoms with E-state index in [0.29, 0.717) is 10.6 Å². The monoisotopic (exact) mass is 418 g/mol. The molecule has 5 heteroatoms. The van der Waals surface area contributed by atoms with Crippen LogP contribution in [-0.2, 0) is 0 Å². The van der Waals surface area contributed by atoms with Crippen LogP contribution in [0.5, 0.6) is 0 Å². The summed E-state index contributed by atoms with van der Waals surface area (Å²) in [6, 6.07) is 6.33. The van der Waals surface area contributed by atoms with Crippen molar-refractivity contribution >= 4 is 40.1 Å². The second-order valence-electron chi connectivity index (χ2n) is 5.90. The highest BCUT2D eigenvalue weighted by molar-refractivity contribution is 14.1. The fourth-order valence-corrected chi connectivity index (χ4v) is 3.89. The zero-order chi connectivity index (χ0) is 14.8. The van der Waals surface area contributed by atoms with Crippen molar-refractivity contribution in [3.63, 3.8) is 0 Å². The molecule has 0 unspecified atom stereocenters. The molecule has 1 aliphatic heterocycles. The van der Waals surface area contributed by atoms with Gasteiger partial charge in [0.15, 0.2) is 0 Å². The number of halogens is 2. The Hall–Kier alpha value is -0.330. The van der Waals surface area contributed by atoms with Crippen molar-refractivity contribution in [2.75, 3.05) is 26.2 Å². The number of hydrogen-bond acceptors (Lipinski definition) is 2. The summed E-state index contributed by atoms with van der Waals surface area (Å²) in [5, 5.41) is 0.658. The van der Waals surface area contributed by atoms with Crippen molar-refractivity contribution in [3.05, 3.63) is 32.4 Å². The molecule has 21 heavy (non-hydrogen) atoms. The minimum atomic E-state index is 0.111. The maximum atomic E-state index is 12.5. The topological polar surface area (TPSA) is 23.6 Å². The molecule has 1 aromatic rings. The van der Waals surface area contributed by atoms with Gasteiger partial charge >= 0.3 is 0 Å². The Bertz CT molecular complexity index is 523. The lowest BCUT2D eigenvalue weighted by Crippen LogP contribution is -2.51. The lowest BCUT2D eigenvalue weighted by atomic mass is 10.1. The summed E-state index contributed by atoms with van der Waals surface area (Å²) in [7, 11) is 0. The standard InChI is InChI=1S/C16H20ClIN2O/c17-14-11-12(5-6-15(14)18)16(21)20-9-7-19(8-10-20)13-3-1-2-4-13/h5-6,11,13H,1-4,7-10H2. The van der Waals surface area contributed by atoms with Gasteiger partial charge in [-0.25, -0.2) is 0 Å². The number of piperazine rings is 1. The molecule has 1 aliphatic carbocycles. The molecule has 0 N–H and O–H groups in total. The maximum absolute atomic E-state index is 12.5. The molecule has 3 rings (SSSR count). The van der Waals surface area contributed by atoms with E-state index in [0.717, 1.165) is 35.8 Å². The predicted octanol–water partition coefficient (Wildman–Crippen LogP) is 3.65. The van der Waals surface area contributed by atoms with Crippen molar-refractivity contribution in [2.45, 2.75) is 31.7 Å². The number of amides is 1. The van der Waals surface area contributed by atoms with Crippen LogP contribution in [0.3, 0.4) is 0 Å². The first-order chi connectivity index (χ1) is 10.1. The van der Waals surface area contributed by atoms with Gasteiger partial charge in [-0.05, 0) is 53.6 Å². The van der Waals surface area contributed by atoms with Crippen molar-refractivity contribution in [1.29, 1.82) is 0 Å². The average Bonchev–Trinajstić information content (AvgIpc) is 3.04. The van der Waals surface area contributed by atoms with Gasteiger partial charge in [0.1, 0.15) is 0 Å². The quantitative estimate of drug-likeness (QED) is 0.685. The number of carbonyl (C=O) groups is 1. The Labute approximate surface area is 144 Å². The highest BCUT2D eigenvalue weighted by Gasteiger charge is 2.28. The van der Waals surface area contributed by atoms with Gasteiger partial charge in [0, 0.05) is 41.4 Å². The third kappa shape index (κ3) is 3.54. The summed E-state index contributed by atoms with van der Waals surface area (Å²) in [4.78, 5) is 17.1. The molecule has 1 heterocycles. The Kier molecular flexibility index (Phi) is 5.07. The van der Waals surface area contributed by atoms with E-state index in [1.54, 1.807) is 6.07 Å². The van der Waals surface area contributed by atoms with Crippen LogP contribution in [0, 0.1) is 3.57 Å². The minimum absolute atomic E-state index is 0.111. The van der Waals surface area contributed by atoms with Gasteiger partial charge in [-0.15, -0.1) is 0 Å². The van der Waals surface area contributed by atoms with E-state index in [1.807, 2.05) is 17.0 Å². The second-order valence-corrected chi connectivity index (χ2v) is 7.46. The molecule has 3 nitrogen and oxygen atoms in total. The first kappa shape index (κ1) is 15.6. The summed E-state index contributed by atoms with van der Waals surface area (Å²) in [5.74, 6) is 0.111. The van der Waals surface area contributed by atoms with E-state index in [9.17, 15) is 4.79 Å². The molecule has 0 aromatic heterocycles. The highest BCUT2D eigenvalue weighted by atomic mass is 127. The van der Waals surface area contributed by atoms with Crippen LogP contribution in [0.1, 0.15) is 36.0 Å². The lowest BCUT2D eigenvalue weighted by molar-refractivity contribution is 0.0573. The van der Waals surface area contributed by atoms with E-state index < -0.39 is 0 Å². The molecular weight excluding hydrogens is 399 g/mol.